The van der Waals surface area contributed by atoms with Gasteiger partial charge in [-0.15, -0.1) is 0 Å². The van der Waals surface area contributed by atoms with Crippen LogP contribution in [0.15, 0.2) is 0 Å². The standard InChI is InChI=1S/C79H154O17P2/c1-7-10-12-14-16-18-20-25-33-39-45-51-57-63-78(83)95-74(67-89-76(81)61-55-49-43-37-19-17-15-13-11-8-2)69-93-97(85,86)91-65-73(80)66-92-98(87,88)94-70-75(68-90-77(82)62-56-50-44-38-32-28-23-21-26-30-35-41-47-53-59-71(4)5)96-79(84)64-58-52-46-40-34-29-24-22-27-31-36-42-48-54-60-72(6)9-3/h71-75,80H,7-70H2,1-6H3,(H,85,86)(H,87,88)/t72?,73-,74+,75+/m0/s1. The molecular weight excluding hydrogens is 1280 g/mol. The van der Waals surface area contributed by atoms with Gasteiger partial charge >= 0.3 is 39.5 Å². The molecule has 0 aliphatic carbocycles. The molecule has 0 aromatic heterocycles. The number of ether oxygens (including phenoxy) is 4. The van der Waals surface area contributed by atoms with Gasteiger partial charge in [-0.1, -0.05) is 363 Å². The molecule has 17 nitrogen and oxygen atoms in total. The van der Waals surface area contributed by atoms with Crippen molar-refractivity contribution in [1.82, 2.24) is 0 Å². The first kappa shape index (κ1) is 96.1. The highest BCUT2D eigenvalue weighted by Crippen LogP contribution is 2.45. The van der Waals surface area contributed by atoms with Gasteiger partial charge in [-0.05, 0) is 37.5 Å². The van der Waals surface area contributed by atoms with Crippen LogP contribution in [0.5, 0.6) is 0 Å². The molecular formula is C79H154O17P2. The lowest BCUT2D eigenvalue weighted by Gasteiger charge is -2.21. The SMILES string of the molecule is CCCCCCCCCCCCCCCC(=O)O[C@H](COC(=O)CCCCCCCCCCCC)COP(=O)(O)OC[C@H](O)COP(=O)(O)OC[C@@H](COC(=O)CCCCCCCCCCCCCCCCC(C)C)OC(=O)CCCCCCCCCCCCCCCCC(C)CC. The van der Waals surface area contributed by atoms with Gasteiger partial charge in [0.2, 0.25) is 0 Å². The summed E-state index contributed by atoms with van der Waals surface area (Å²) in [4.78, 5) is 72.9. The summed E-state index contributed by atoms with van der Waals surface area (Å²) in [7, 11) is -9.91. The van der Waals surface area contributed by atoms with E-state index in [2.05, 4.69) is 41.5 Å². The molecule has 0 heterocycles. The predicted octanol–water partition coefficient (Wildman–Crippen LogP) is 23.5. The van der Waals surface area contributed by atoms with E-state index in [0.717, 1.165) is 102 Å². The van der Waals surface area contributed by atoms with Crippen LogP contribution in [0.4, 0.5) is 0 Å². The van der Waals surface area contributed by atoms with E-state index in [9.17, 15) is 43.2 Å². The molecule has 0 saturated carbocycles. The summed E-state index contributed by atoms with van der Waals surface area (Å²) in [5.41, 5.74) is 0. The van der Waals surface area contributed by atoms with Gasteiger partial charge < -0.3 is 33.8 Å². The third-order valence-electron chi connectivity index (χ3n) is 18.8. The molecule has 98 heavy (non-hydrogen) atoms. The van der Waals surface area contributed by atoms with Gasteiger partial charge in [0.05, 0.1) is 26.4 Å². The van der Waals surface area contributed by atoms with Crippen molar-refractivity contribution in [2.45, 2.75) is 432 Å². The Morgan fingerprint density at radius 2 is 0.520 bits per heavy atom. The van der Waals surface area contributed by atoms with E-state index in [1.54, 1.807) is 0 Å². The average Bonchev–Trinajstić information content (AvgIpc) is 0.974. The van der Waals surface area contributed by atoms with Crippen LogP contribution in [0.25, 0.3) is 0 Å². The number of carbonyl (C=O) groups is 4. The van der Waals surface area contributed by atoms with Gasteiger partial charge in [0.15, 0.2) is 12.2 Å². The number of aliphatic hydroxyl groups excluding tert-OH is 1. The molecule has 0 saturated heterocycles. The van der Waals surface area contributed by atoms with Crippen LogP contribution < -0.4 is 0 Å². The molecule has 0 bridgehead atoms. The molecule has 582 valence electrons. The van der Waals surface area contributed by atoms with Gasteiger partial charge in [-0.3, -0.25) is 37.3 Å². The second-order valence-corrected chi connectivity index (χ2v) is 32.1. The number of rotatable bonds is 78. The highest BCUT2D eigenvalue weighted by Gasteiger charge is 2.30. The summed E-state index contributed by atoms with van der Waals surface area (Å²) in [5, 5.41) is 10.6. The molecule has 19 heteroatoms. The zero-order chi connectivity index (χ0) is 72.1. The topological polar surface area (TPSA) is 237 Å². The Morgan fingerprint density at radius 3 is 0.776 bits per heavy atom. The Morgan fingerprint density at radius 1 is 0.296 bits per heavy atom. The van der Waals surface area contributed by atoms with Crippen molar-refractivity contribution >= 4 is 39.5 Å². The second kappa shape index (κ2) is 70.7. The summed E-state index contributed by atoms with van der Waals surface area (Å²) in [6.45, 7) is 9.69. The summed E-state index contributed by atoms with van der Waals surface area (Å²) in [6.07, 6.45) is 59.4. The van der Waals surface area contributed by atoms with Crippen LogP contribution in [0, 0.1) is 11.8 Å². The Kier molecular flexibility index (Phi) is 69.3. The van der Waals surface area contributed by atoms with Crippen LogP contribution in [0.3, 0.4) is 0 Å². The molecule has 0 radical (unpaired) electrons. The van der Waals surface area contributed by atoms with E-state index in [0.29, 0.717) is 25.7 Å². The van der Waals surface area contributed by atoms with E-state index in [1.165, 1.54) is 231 Å². The zero-order valence-corrected chi connectivity index (χ0v) is 65.9. The molecule has 0 amide bonds. The van der Waals surface area contributed by atoms with Crippen molar-refractivity contribution in [1.29, 1.82) is 0 Å². The van der Waals surface area contributed by atoms with Crippen LogP contribution in [0.2, 0.25) is 0 Å². The molecule has 6 atom stereocenters. The van der Waals surface area contributed by atoms with E-state index in [4.69, 9.17) is 37.0 Å². The fourth-order valence-electron chi connectivity index (χ4n) is 12.2. The maximum absolute atomic E-state index is 13.1. The van der Waals surface area contributed by atoms with Crippen molar-refractivity contribution < 1.29 is 80.2 Å². The molecule has 0 fully saturated rings. The Bertz CT molecular complexity index is 1890. The number of phosphoric ester groups is 2. The zero-order valence-electron chi connectivity index (χ0n) is 64.1. The van der Waals surface area contributed by atoms with Gasteiger partial charge in [-0.2, -0.15) is 0 Å². The van der Waals surface area contributed by atoms with Gasteiger partial charge in [-0.25, -0.2) is 9.13 Å². The molecule has 0 aromatic rings. The van der Waals surface area contributed by atoms with Gasteiger partial charge in [0.25, 0.3) is 0 Å². The predicted molar refractivity (Wildman–Crippen MR) is 400 cm³/mol. The number of aliphatic hydroxyl groups is 1. The summed E-state index contributed by atoms with van der Waals surface area (Å²) in [6, 6.07) is 0. The third-order valence-corrected chi connectivity index (χ3v) is 20.7. The Balaban J connectivity index is 5.24. The first-order valence-corrected chi connectivity index (χ1v) is 44.0. The lowest BCUT2D eigenvalue weighted by Crippen LogP contribution is -2.30. The second-order valence-electron chi connectivity index (χ2n) is 29.2. The largest absolute Gasteiger partial charge is 0.472 e. The van der Waals surface area contributed by atoms with Crippen molar-refractivity contribution in [2.75, 3.05) is 39.6 Å². The minimum Gasteiger partial charge on any atom is -0.462 e. The van der Waals surface area contributed by atoms with Crippen molar-refractivity contribution in [3.63, 3.8) is 0 Å². The van der Waals surface area contributed by atoms with Crippen LogP contribution in [-0.2, 0) is 65.4 Å². The average molecular weight is 1440 g/mol. The number of phosphoric acid groups is 2. The van der Waals surface area contributed by atoms with Gasteiger partial charge in [0.1, 0.15) is 19.3 Å². The molecule has 0 spiro atoms. The number of hydrogen-bond donors (Lipinski definition) is 3. The van der Waals surface area contributed by atoms with E-state index < -0.39 is 97.5 Å². The van der Waals surface area contributed by atoms with Crippen LogP contribution in [0.1, 0.15) is 414 Å². The number of esters is 4. The monoisotopic (exact) mass is 1440 g/mol. The minimum atomic E-state index is -4.96. The maximum atomic E-state index is 13.1. The molecule has 3 unspecified atom stereocenters. The van der Waals surface area contributed by atoms with Crippen LogP contribution in [-0.4, -0.2) is 96.7 Å². The fourth-order valence-corrected chi connectivity index (χ4v) is 13.7. The van der Waals surface area contributed by atoms with Gasteiger partial charge in [0, 0.05) is 25.7 Å². The molecule has 3 N–H and O–H groups in total. The summed E-state index contributed by atoms with van der Waals surface area (Å²) >= 11 is 0. The highest BCUT2D eigenvalue weighted by molar-refractivity contribution is 7.47. The van der Waals surface area contributed by atoms with Crippen LogP contribution >= 0.6 is 15.6 Å². The Labute approximate surface area is 600 Å². The molecule has 0 aliphatic rings. The molecule has 0 aliphatic heterocycles. The summed E-state index contributed by atoms with van der Waals surface area (Å²) in [5.74, 6) is -0.464. The third kappa shape index (κ3) is 71.1. The highest BCUT2D eigenvalue weighted by atomic mass is 31.2. The fraction of sp³-hybridized carbons (Fsp3) is 0.949. The number of unbranched alkanes of at least 4 members (excludes halogenated alkanes) is 47. The van der Waals surface area contributed by atoms with E-state index in [1.807, 2.05) is 0 Å². The van der Waals surface area contributed by atoms with E-state index >= 15 is 0 Å². The smallest absolute Gasteiger partial charge is 0.462 e. The lowest BCUT2D eigenvalue weighted by atomic mass is 9.99. The van der Waals surface area contributed by atoms with Crippen molar-refractivity contribution in [2.24, 2.45) is 11.8 Å². The minimum absolute atomic E-state index is 0.108. The first-order valence-electron chi connectivity index (χ1n) is 41.0. The summed E-state index contributed by atoms with van der Waals surface area (Å²) < 4.78 is 68.6. The lowest BCUT2D eigenvalue weighted by molar-refractivity contribution is -0.161. The van der Waals surface area contributed by atoms with Crippen molar-refractivity contribution in [3.8, 4) is 0 Å². The van der Waals surface area contributed by atoms with E-state index in [-0.39, 0.29) is 25.7 Å². The Hall–Kier alpha value is -1.94. The normalized spacial score (nSPS) is 14.2. The molecule has 0 rings (SSSR count). The quantitative estimate of drug-likeness (QED) is 0.0222. The van der Waals surface area contributed by atoms with Crippen molar-refractivity contribution in [3.05, 3.63) is 0 Å². The number of carbonyl (C=O) groups excluding carboxylic acids is 4. The first-order chi connectivity index (χ1) is 47.4. The maximum Gasteiger partial charge on any atom is 0.472 e. The number of hydrogen-bond acceptors (Lipinski definition) is 15. The molecule has 0 aromatic carbocycles.